The van der Waals surface area contributed by atoms with Gasteiger partial charge < -0.3 is 0 Å². The van der Waals surface area contributed by atoms with Crippen molar-refractivity contribution < 1.29 is 9.72 Å². The summed E-state index contributed by atoms with van der Waals surface area (Å²) in [4.78, 5) is 22.4. The maximum Gasteiger partial charge on any atom is 0.289 e. The maximum atomic E-state index is 12.2. The molecule has 136 valence electrons. The molecule has 0 spiro atoms. The van der Waals surface area contributed by atoms with Crippen LogP contribution in [0, 0.1) is 10.1 Å². The Balaban J connectivity index is 1.69. The SMILES string of the molecule is CC(=NNC(=O)c1cc(-c2ccc(Br)cc2)n[nH]1)c1ccc([N+](=O)[O-])cc1. The van der Waals surface area contributed by atoms with E-state index in [-0.39, 0.29) is 11.4 Å². The summed E-state index contributed by atoms with van der Waals surface area (Å²) in [6.45, 7) is 1.70. The van der Waals surface area contributed by atoms with Gasteiger partial charge in [0.05, 0.1) is 16.3 Å². The largest absolute Gasteiger partial charge is 0.289 e. The van der Waals surface area contributed by atoms with Crippen LogP contribution in [0.4, 0.5) is 5.69 Å². The highest BCUT2D eigenvalue weighted by Crippen LogP contribution is 2.20. The molecule has 0 unspecified atom stereocenters. The zero-order valence-corrected chi connectivity index (χ0v) is 15.7. The van der Waals surface area contributed by atoms with Crippen LogP contribution in [-0.2, 0) is 0 Å². The van der Waals surface area contributed by atoms with Gasteiger partial charge in [0.15, 0.2) is 0 Å². The Morgan fingerprint density at radius 3 is 2.48 bits per heavy atom. The van der Waals surface area contributed by atoms with E-state index in [1.54, 1.807) is 25.1 Å². The summed E-state index contributed by atoms with van der Waals surface area (Å²) in [5.74, 6) is -0.438. The topological polar surface area (TPSA) is 113 Å². The number of hydrazone groups is 1. The standard InChI is InChI=1S/C18H14BrN5O3/c1-11(12-4-8-15(9-5-12)24(26)27)20-23-18(25)17-10-16(21-22-17)13-2-6-14(19)7-3-13/h2-10H,1H3,(H,21,22)(H,23,25). The van der Waals surface area contributed by atoms with Gasteiger partial charge in [0.1, 0.15) is 5.69 Å². The number of nitro groups is 1. The smallest absolute Gasteiger partial charge is 0.272 e. The lowest BCUT2D eigenvalue weighted by Crippen LogP contribution is -2.19. The van der Waals surface area contributed by atoms with Crippen LogP contribution in [0.2, 0.25) is 0 Å². The number of nitrogens with one attached hydrogen (secondary N) is 2. The van der Waals surface area contributed by atoms with Crippen molar-refractivity contribution in [2.45, 2.75) is 6.92 Å². The third kappa shape index (κ3) is 4.45. The van der Waals surface area contributed by atoms with E-state index in [0.717, 1.165) is 10.0 Å². The van der Waals surface area contributed by atoms with Gasteiger partial charge in [0.25, 0.3) is 11.6 Å². The van der Waals surface area contributed by atoms with Gasteiger partial charge in [-0.1, -0.05) is 28.1 Å². The van der Waals surface area contributed by atoms with Crippen LogP contribution in [0.15, 0.2) is 64.2 Å². The fourth-order valence-electron chi connectivity index (χ4n) is 2.29. The minimum Gasteiger partial charge on any atom is -0.272 e. The van der Waals surface area contributed by atoms with Gasteiger partial charge in [-0.25, -0.2) is 5.43 Å². The molecule has 0 radical (unpaired) electrons. The molecule has 2 N–H and O–H groups in total. The third-order valence-electron chi connectivity index (χ3n) is 3.78. The number of nitro benzene ring substituents is 1. The highest BCUT2D eigenvalue weighted by molar-refractivity contribution is 9.10. The number of hydrogen-bond acceptors (Lipinski definition) is 5. The van der Waals surface area contributed by atoms with Gasteiger partial charge >= 0.3 is 0 Å². The Labute approximate surface area is 162 Å². The molecule has 0 aliphatic carbocycles. The van der Waals surface area contributed by atoms with E-state index in [1.807, 2.05) is 24.3 Å². The zero-order valence-electron chi connectivity index (χ0n) is 14.1. The molecule has 1 aromatic heterocycles. The van der Waals surface area contributed by atoms with E-state index in [9.17, 15) is 14.9 Å². The number of H-pyrrole nitrogens is 1. The first kappa shape index (κ1) is 18.5. The average molecular weight is 428 g/mol. The number of benzene rings is 2. The highest BCUT2D eigenvalue weighted by Gasteiger charge is 2.11. The number of carbonyl (C=O) groups is 1. The molecule has 0 aliphatic rings. The van der Waals surface area contributed by atoms with E-state index in [4.69, 9.17) is 0 Å². The fourth-order valence-corrected chi connectivity index (χ4v) is 2.55. The molecule has 2 aromatic carbocycles. The molecule has 3 rings (SSSR count). The van der Waals surface area contributed by atoms with Gasteiger partial charge in [0.2, 0.25) is 0 Å². The normalized spacial score (nSPS) is 11.3. The van der Waals surface area contributed by atoms with Gasteiger partial charge in [-0.15, -0.1) is 0 Å². The number of aromatic nitrogens is 2. The number of aromatic amines is 1. The maximum absolute atomic E-state index is 12.2. The molecule has 8 nitrogen and oxygen atoms in total. The van der Waals surface area contributed by atoms with E-state index < -0.39 is 10.8 Å². The number of rotatable bonds is 5. The Kier molecular flexibility index (Phi) is 5.41. The van der Waals surface area contributed by atoms with Crippen LogP contribution in [-0.4, -0.2) is 26.7 Å². The molecule has 1 amide bonds. The van der Waals surface area contributed by atoms with Crippen molar-refractivity contribution in [2.24, 2.45) is 5.10 Å². The van der Waals surface area contributed by atoms with Crippen LogP contribution < -0.4 is 5.43 Å². The summed E-state index contributed by atoms with van der Waals surface area (Å²) < 4.78 is 0.954. The van der Waals surface area contributed by atoms with E-state index >= 15 is 0 Å². The second kappa shape index (κ2) is 7.92. The molecule has 0 bridgehead atoms. The number of carbonyl (C=O) groups excluding carboxylic acids is 1. The number of hydrogen-bond donors (Lipinski definition) is 2. The zero-order chi connectivity index (χ0) is 19.4. The average Bonchev–Trinajstić information content (AvgIpc) is 3.16. The van der Waals surface area contributed by atoms with Crippen LogP contribution in [0.3, 0.4) is 0 Å². The van der Waals surface area contributed by atoms with Crippen LogP contribution in [0.5, 0.6) is 0 Å². The lowest BCUT2D eigenvalue weighted by atomic mass is 10.1. The van der Waals surface area contributed by atoms with E-state index in [2.05, 4.69) is 36.7 Å². The molecule has 0 saturated carbocycles. The number of non-ortho nitro benzene ring substituents is 1. The summed E-state index contributed by atoms with van der Waals surface area (Å²) in [7, 11) is 0. The third-order valence-corrected chi connectivity index (χ3v) is 4.31. The summed E-state index contributed by atoms with van der Waals surface area (Å²) >= 11 is 3.37. The van der Waals surface area contributed by atoms with Gasteiger partial charge in [-0.2, -0.15) is 10.2 Å². The molecule has 1 heterocycles. The molecule has 27 heavy (non-hydrogen) atoms. The summed E-state index contributed by atoms with van der Waals surface area (Å²) in [5, 5.41) is 21.5. The molecule has 0 fully saturated rings. The van der Waals surface area contributed by atoms with Crippen molar-refractivity contribution in [3.63, 3.8) is 0 Å². The second-order valence-electron chi connectivity index (χ2n) is 5.62. The minimum absolute atomic E-state index is 0.00600. The summed E-state index contributed by atoms with van der Waals surface area (Å²) in [6.07, 6.45) is 0. The monoisotopic (exact) mass is 427 g/mol. The number of amides is 1. The number of nitrogens with zero attached hydrogens (tertiary/aromatic N) is 3. The van der Waals surface area contributed by atoms with E-state index in [0.29, 0.717) is 17.0 Å². The lowest BCUT2D eigenvalue weighted by Gasteiger charge is -2.01. The molecule has 9 heteroatoms. The van der Waals surface area contributed by atoms with Crippen molar-refractivity contribution in [1.29, 1.82) is 0 Å². The first-order valence-electron chi connectivity index (χ1n) is 7.85. The Hall–Kier alpha value is -3.33. The summed E-state index contributed by atoms with van der Waals surface area (Å²) in [5.41, 5.74) is 5.41. The lowest BCUT2D eigenvalue weighted by molar-refractivity contribution is -0.384. The van der Waals surface area contributed by atoms with Crippen molar-refractivity contribution in [2.75, 3.05) is 0 Å². The summed E-state index contributed by atoms with van der Waals surface area (Å²) in [6, 6.07) is 15.1. The van der Waals surface area contributed by atoms with Crippen LogP contribution in [0.1, 0.15) is 23.0 Å². The molecule has 0 saturated heterocycles. The molecule has 0 atom stereocenters. The molecular formula is C18H14BrN5O3. The Bertz CT molecular complexity index is 1010. The van der Waals surface area contributed by atoms with Crippen molar-refractivity contribution in [3.8, 4) is 11.3 Å². The predicted octanol–water partition coefficient (Wildman–Crippen LogP) is 3.90. The highest BCUT2D eigenvalue weighted by atomic mass is 79.9. The first-order chi connectivity index (χ1) is 12.9. The van der Waals surface area contributed by atoms with Crippen molar-refractivity contribution >= 4 is 33.2 Å². The van der Waals surface area contributed by atoms with E-state index in [1.165, 1.54) is 12.1 Å². The van der Waals surface area contributed by atoms with Crippen molar-refractivity contribution in [3.05, 3.63) is 80.4 Å². The van der Waals surface area contributed by atoms with Crippen molar-refractivity contribution in [1.82, 2.24) is 15.6 Å². The quantitative estimate of drug-likeness (QED) is 0.365. The van der Waals surface area contributed by atoms with Crippen LogP contribution >= 0.6 is 15.9 Å². The Morgan fingerprint density at radius 2 is 1.85 bits per heavy atom. The molecule has 0 aliphatic heterocycles. The predicted molar refractivity (Wildman–Crippen MR) is 104 cm³/mol. The Morgan fingerprint density at radius 1 is 1.19 bits per heavy atom. The van der Waals surface area contributed by atoms with Gasteiger partial charge in [-0.3, -0.25) is 20.0 Å². The van der Waals surface area contributed by atoms with Gasteiger partial charge in [0, 0.05) is 22.2 Å². The number of halogens is 1. The first-order valence-corrected chi connectivity index (χ1v) is 8.64. The second-order valence-corrected chi connectivity index (χ2v) is 6.53. The van der Waals surface area contributed by atoms with Gasteiger partial charge in [-0.05, 0) is 42.8 Å². The minimum atomic E-state index is -0.473. The van der Waals surface area contributed by atoms with Crippen LogP contribution in [0.25, 0.3) is 11.3 Å². The fraction of sp³-hybridized carbons (Fsp3) is 0.0556. The molecule has 3 aromatic rings. The molecular weight excluding hydrogens is 414 g/mol.